The van der Waals surface area contributed by atoms with E-state index < -0.39 is 24.9 Å². The van der Waals surface area contributed by atoms with Gasteiger partial charge in [0, 0.05) is 6.54 Å². The van der Waals surface area contributed by atoms with Crippen LogP contribution >= 0.6 is 0 Å². The van der Waals surface area contributed by atoms with Crippen LogP contribution in [0.4, 0.5) is 18.9 Å². The van der Waals surface area contributed by atoms with Gasteiger partial charge in [-0.2, -0.15) is 0 Å². The van der Waals surface area contributed by atoms with Gasteiger partial charge in [0.1, 0.15) is 5.82 Å². The molecule has 1 aromatic carbocycles. The zero-order chi connectivity index (χ0) is 13.7. The van der Waals surface area contributed by atoms with Crippen LogP contribution in [0.15, 0.2) is 18.2 Å². The second kappa shape index (κ2) is 6.61. The highest BCUT2D eigenvalue weighted by atomic mass is 19.3. The highest BCUT2D eigenvalue weighted by molar-refractivity contribution is 5.49. The largest absolute Gasteiger partial charge is 0.395 e. The third kappa shape index (κ3) is 3.89. The van der Waals surface area contributed by atoms with E-state index in [-0.39, 0.29) is 18.8 Å². The van der Waals surface area contributed by atoms with Crippen LogP contribution in [-0.4, -0.2) is 36.3 Å². The predicted octanol–water partition coefficient (Wildman–Crippen LogP) is 1.94. The molecular formula is C12H16F3NO2. The molecule has 1 aromatic rings. The molecule has 3 nitrogen and oxygen atoms in total. The summed E-state index contributed by atoms with van der Waals surface area (Å²) in [4.78, 5) is 1.08. The number of halogens is 3. The summed E-state index contributed by atoms with van der Waals surface area (Å²) in [7, 11) is 0. The first-order chi connectivity index (χ1) is 8.45. The van der Waals surface area contributed by atoms with Crippen molar-refractivity contribution in [3.63, 3.8) is 0 Å². The van der Waals surface area contributed by atoms with Gasteiger partial charge in [-0.1, -0.05) is 6.07 Å². The van der Waals surface area contributed by atoms with Crippen molar-refractivity contribution in [1.82, 2.24) is 0 Å². The number of anilines is 1. The quantitative estimate of drug-likeness (QED) is 0.824. The molecule has 102 valence electrons. The molecule has 0 spiro atoms. The Morgan fingerprint density at radius 2 is 2.00 bits per heavy atom. The van der Waals surface area contributed by atoms with Gasteiger partial charge in [0.15, 0.2) is 0 Å². The summed E-state index contributed by atoms with van der Waals surface area (Å²) in [5, 5.41) is 18.1. The van der Waals surface area contributed by atoms with Crippen molar-refractivity contribution < 1.29 is 23.4 Å². The molecule has 0 heterocycles. The lowest BCUT2D eigenvalue weighted by atomic mass is 10.1. The molecule has 6 heteroatoms. The van der Waals surface area contributed by atoms with Crippen LogP contribution < -0.4 is 4.90 Å². The smallest absolute Gasteiger partial charge is 0.255 e. The van der Waals surface area contributed by atoms with E-state index in [1.807, 2.05) is 0 Å². The molecule has 1 atom stereocenters. The summed E-state index contributed by atoms with van der Waals surface area (Å²) in [6.45, 7) is 0.421. The van der Waals surface area contributed by atoms with Gasteiger partial charge in [-0.3, -0.25) is 0 Å². The molecule has 0 aliphatic carbocycles. The maximum atomic E-state index is 13.8. The predicted molar refractivity (Wildman–Crippen MR) is 62.3 cm³/mol. The third-order valence-electron chi connectivity index (χ3n) is 2.52. The van der Waals surface area contributed by atoms with Crippen molar-refractivity contribution in [3.05, 3.63) is 29.6 Å². The van der Waals surface area contributed by atoms with Gasteiger partial charge < -0.3 is 15.1 Å². The number of rotatable bonds is 6. The Labute approximate surface area is 103 Å². The average molecular weight is 263 g/mol. The number of aliphatic hydroxyl groups excluding tert-OH is 2. The number of nitrogens with zero attached hydrogens (tertiary/aromatic N) is 1. The molecule has 18 heavy (non-hydrogen) atoms. The highest BCUT2D eigenvalue weighted by Gasteiger charge is 2.16. The lowest BCUT2D eigenvalue weighted by Crippen LogP contribution is -2.32. The van der Waals surface area contributed by atoms with Gasteiger partial charge in [-0.05, 0) is 24.6 Å². The molecule has 2 N–H and O–H groups in total. The Kier molecular flexibility index (Phi) is 5.43. The van der Waals surface area contributed by atoms with E-state index in [0.717, 1.165) is 11.0 Å². The van der Waals surface area contributed by atoms with E-state index in [0.29, 0.717) is 5.56 Å². The first kappa shape index (κ1) is 14.8. The van der Waals surface area contributed by atoms with Crippen LogP contribution in [0.3, 0.4) is 0 Å². The van der Waals surface area contributed by atoms with Gasteiger partial charge >= 0.3 is 0 Å². The van der Waals surface area contributed by atoms with Crippen LogP contribution in [0.5, 0.6) is 0 Å². The van der Waals surface area contributed by atoms with Crippen LogP contribution in [0.2, 0.25) is 0 Å². The van der Waals surface area contributed by atoms with Crippen LogP contribution in [0.1, 0.15) is 18.6 Å². The van der Waals surface area contributed by atoms with Gasteiger partial charge in [0.25, 0.3) is 6.43 Å². The van der Waals surface area contributed by atoms with Crippen molar-refractivity contribution in [2.24, 2.45) is 0 Å². The van der Waals surface area contributed by atoms with E-state index in [9.17, 15) is 18.3 Å². The Morgan fingerprint density at radius 1 is 1.33 bits per heavy atom. The number of alkyl halides is 2. The fourth-order valence-electron chi connectivity index (χ4n) is 1.64. The standard InChI is InChI=1S/C12H16F3NO2/c1-8(18)9-2-3-11(10(13)6-9)16(4-5-17)7-12(14)15/h2-3,6,8,12,17-18H,4-5,7H2,1H3/t8-/m0/s1. The number of hydrogen-bond donors (Lipinski definition) is 2. The molecule has 0 aromatic heterocycles. The fraction of sp³-hybridized carbons (Fsp3) is 0.500. The van der Waals surface area contributed by atoms with Crippen LogP contribution in [-0.2, 0) is 0 Å². The minimum atomic E-state index is -2.62. The Bertz CT molecular complexity index is 386. The normalized spacial score (nSPS) is 12.8. The highest BCUT2D eigenvalue weighted by Crippen LogP contribution is 2.24. The second-order valence-electron chi connectivity index (χ2n) is 3.95. The van der Waals surface area contributed by atoms with E-state index in [1.165, 1.54) is 19.1 Å². The van der Waals surface area contributed by atoms with E-state index in [2.05, 4.69) is 0 Å². The minimum absolute atomic E-state index is 0.00579. The van der Waals surface area contributed by atoms with Crippen molar-refractivity contribution in [1.29, 1.82) is 0 Å². The summed E-state index contributed by atoms with van der Waals surface area (Å²) < 4.78 is 38.4. The van der Waals surface area contributed by atoms with E-state index in [1.54, 1.807) is 0 Å². The summed E-state index contributed by atoms with van der Waals surface area (Å²) in [6.07, 6.45) is -3.44. The molecule has 0 aliphatic rings. The van der Waals surface area contributed by atoms with Crippen molar-refractivity contribution in [2.75, 3.05) is 24.6 Å². The van der Waals surface area contributed by atoms with Crippen molar-refractivity contribution in [2.45, 2.75) is 19.5 Å². The molecule has 0 saturated carbocycles. The Hall–Kier alpha value is -1.27. The Balaban J connectivity index is 2.97. The lowest BCUT2D eigenvalue weighted by molar-refractivity contribution is 0.152. The number of aliphatic hydroxyl groups is 2. The van der Waals surface area contributed by atoms with Gasteiger partial charge in [0.05, 0.1) is 24.9 Å². The summed E-state index contributed by atoms with van der Waals surface area (Å²) in [5.41, 5.74) is 0.367. The Morgan fingerprint density at radius 3 is 2.44 bits per heavy atom. The number of hydrogen-bond acceptors (Lipinski definition) is 3. The zero-order valence-corrected chi connectivity index (χ0v) is 9.98. The van der Waals surface area contributed by atoms with Gasteiger partial charge in [-0.25, -0.2) is 13.2 Å². The van der Waals surface area contributed by atoms with Crippen LogP contribution in [0, 0.1) is 5.82 Å². The molecule has 0 aliphatic heterocycles. The SMILES string of the molecule is C[C@H](O)c1ccc(N(CCO)CC(F)F)c(F)c1. The first-order valence-corrected chi connectivity index (χ1v) is 5.57. The molecule has 0 radical (unpaired) electrons. The molecule has 0 bridgehead atoms. The maximum Gasteiger partial charge on any atom is 0.255 e. The molecule has 0 amide bonds. The molecule has 0 fully saturated rings. The maximum absolute atomic E-state index is 13.8. The monoisotopic (exact) mass is 263 g/mol. The topological polar surface area (TPSA) is 43.7 Å². The van der Waals surface area contributed by atoms with E-state index in [4.69, 9.17) is 5.11 Å². The minimum Gasteiger partial charge on any atom is -0.395 e. The summed E-state index contributed by atoms with van der Waals surface area (Å²) >= 11 is 0. The fourth-order valence-corrected chi connectivity index (χ4v) is 1.64. The number of benzene rings is 1. The van der Waals surface area contributed by atoms with Crippen LogP contribution in [0.25, 0.3) is 0 Å². The first-order valence-electron chi connectivity index (χ1n) is 5.57. The average Bonchev–Trinajstić information content (AvgIpc) is 2.27. The van der Waals surface area contributed by atoms with Gasteiger partial charge in [0.2, 0.25) is 0 Å². The van der Waals surface area contributed by atoms with Gasteiger partial charge in [-0.15, -0.1) is 0 Å². The van der Waals surface area contributed by atoms with Crippen molar-refractivity contribution >= 4 is 5.69 Å². The summed E-state index contributed by atoms with van der Waals surface area (Å²) in [5.74, 6) is -0.692. The molecule has 0 saturated heterocycles. The van der Waals surface area contributed by atoms with E-state index >= 15 is 0 Å². The molecule has 0 unspecified atom stereocenters. The molecule has 1 rings (SSSR count). The second-order valence-corrected chi connectivity index (χ2v) is 3.95. The van der Waals surface area contributed by atoms with Crippen molar-refractivity contribution in [3.8, 4) is 0 Å². The third-order valence-corrected chi connectivity index (χ3v) is 2.52. The lowest BCUT2D eigenvalue weighted by Gasteiger charge is -2.24. The summed E-state index contributed by atoms with van der Waals surface area (Å²) in [6, 6.07) is 3.91. The molecular weight excluding hydrogens is 247 g/mol. The zero-order valence-electron chi connectivity index (χ0n) is 9.98.